The van der Waals surface area contributed by atoms with Crippen LogP contribution in [0.3, 0.4) is 0 Å². The van der Waals surface area contributed by atoms with Gasteiger partial charge in [-0.25, -0.2) is 4.98 Å². The van der Waals surface area contributed by atoms with E-state index >= 15 is 0 Å². The van der Waals surface area contributed by atoms with Gasteiger partial charge in [-0.1, -0.05) is 13.8 Å². The fourth-order valence-electron chi connectivity index (χ4n) is 0.532. The van der Waals surface area contributed by atoms with Crippen molar-refractivity contribution in [3.8, 4) is 0 Å². The Bertz CT molecular complexity index is 224. The Hall–Kier alpha value is 0.640. The van der Waals surface area contributed by atoms with E-state index in [-0.39, 0.29) is 0 Å². The van der Waals surface area contributed by atoms with E-state index in [1.807, 2.05) is 11.8 Å². The molecule has 0 aliphatic carbocycles. The minimum atomic E-state index is 0.663. The van der Waals surface area contributed by atoms with E-state index in [2.05, 4.69) is 45.8 Å². The van der Waals surface area contributed by atoms with Crippen LogP contribution in [-0.2, 0) is 5.75 Å². The van der Waals surface area contributed by atoms with Crippen LogP contribution in [0.15, 0.2) is 0 Å². The van der Waals surface area contributed by atoms with E-state index in [0.29, 0.717) is 5.25 Å². The molecule has 62 valence electrons. The third-order valence-electron chi connectivity index (χ3n) is 0.989. The number of halogens is 1. The van der Waals surface area contributed by atoms with Gasteiger partial charge in [0.05, 0.1) is 5.75 Å². The van der Waals surface area contributed by atoms with Crippen molar-refractivity contribution in [2.75, 3.05) is 0 Å². The molecule has 11 heavy (non-hydrogen) atoms. The molecule has 0 aromatic carbocycles. The zero-order valence-corrected chi connectivity index (χ0v) is 10.2. The van der Waals surface area contributed by atoms with Gasteiger partial charge in [0.15, 0.2) is 8.84 Å². The summed E-state index contributed by atoms with van der Waals surface area (Å²) < 4.78 is 5.22. The summed E-state index contributed by atoms with van der Waals surface area (Å²) in [5.74, 6) is 1.91. The van der Waals surface area contributed by atoms with E-state index < -0.39 is 0 Å². The van der Waals surface area contributed by atoms with Gasteiger partial charge in [0.1, 0.15) is 0 Å². The lowest BCUT2D eigenvalue weighted by atomic mass is 10.6. The highest BCUT2D eigenvalue weighted by Gasteiger charge is 2.02. The van der Waals surface area contributed by atoms with Crippen molar-refractivity contribution in [1.82, 2.24) is 9.36 Å². The zero-order chi connectivity index (χ0) is 8.27. The predicted octanol–water partition coefficient (Wildman–Crippen LogP) is 2.78. The van der Waals surface area contributed by atoms with Crippen LogP contribution in [-0.4, -0.2) is 14.6 Å². The van der Waals surface area contributed by atoms with E-state index in [1.54, 1.807) is 0 Å². The molecule has 1 rings (SSSR count). The van der Waals surface area contributed by atoms with Crippen molar-refractivity contribution in [2.45, 2.75) is 24.9 Å². The third-order valence-corrected chi connectivity index (χ3v) is 3.46. The number of aromatic nitrogens is 2. The van der Waals surface area contributed by atoms with Crippen LogP contribution in [0.1, 0.15) is 19.7 Å². The second-order valence-corrected chi connectivity index (χ2v) is 6.39. The van der Waals surface area contributed by atoms with Crippen molar-refractivity contribution in [3.63, 3.8) is 0 Å². The summed E-state index contributed by atoms with van der Waals surface area (Å²) in [6.45, 7) is 4.37. The molecule has 1 aromatic heterocycles. The molecule has 0 aliphatic heterocycles. The Morgan fingerprint density at radius 2 is 2.36 bits per heavy atom. The summed E-state index contributed by atoms with van der Waals surface area (Å²) in [6, 6.07) is 0. The Balaban J connectivity index is 2.39. The summed E-state index contributed by atoms with van der Waals surface area (Å²) in [5.41, 5.74) is 0. The third kappa shape index (κ3) is 3.71. The van der Waals surface area contributed by atoms with Crippen LogP contribution in [0.2, 0.25) is 0 Å². The molecule has 0 spiro atoms. The maximum absolute atomic E-state index is 4.26. The average molecular weight is 300 g/mol. The number of hydrogen-bond acceptors (Lipinski definition) is 4. The summed E-state index contributed by atoms with van der Waals surface area (Å²) in [7, 11) is 0. The topological polar surface area (TPSA) is 25.8 Å². The van der Waals surface area contributed by atoms with Gasteiger partial charge in [-0.05, 0) is 39.4 Å². The summed E-state index contributed by atoms with van der Waals surface area (Å²) in [4.78, 5) is 4.26. The van der Waals surface area contributed by atoms with Gasteiger partial charge in [-0.2, -0.15) is 16.1 Å². The highest BCUT2D eigenvalue weighted by atomic mass is 127. The molecule has 0 atom stereocenters. The summed E-state index contributed by atoms with van der Waals surface area (Å²) in [5, 5.41) is 0.663. The molecule has 0 aliphatic rings. The van der Waals surface area contributed by atoms with E-state index in [1.165, 1.54) is 11.5 Å². The number of nitrogens with zero attached hydrogens (tertiary/aromatic N) is 2. The molecule has 0 bridgehead atoms. The van der Waals surface area contributed by atoms with Crippen molar-refractivity contribution < 1.29 is 0 Å². The fourth-order valence-corrected chi connectivity index (χ4v) is 2.23. The van der Waals surface area contributed by atoms with E-state index in [4.69, 9.17) is 0 Å². The van der Waals surface area contributed by atoms with Crippen LogP contribution in [0.25, 0.3) is 0 Å². The smallest absolute Gasteiger partial charge is 0.174 e. The molecule has 2 nitrogen and oxygen atoms in total. The molecule has 0 N–H and O–H groups in total. The van der Waals surface area contributed by atoms with Crippen molar-refractivity contribution in [1.29, 1.82) is 0 Å². The van der Waals surface area contributed by atoms with Gasteiger partial charge in [0, 0.05) is 0 Å². The zero-order valence-electron chi connectivity index (χ0n) is 6.37. The minimum Gasteiger partial charge on any atom is -0.213 e. The van der Waals surface area contributed by atoms with Gasteiger partial charge in [0.2, 0.25) is 0 Å². The molecule has 0 saturated carbocycles. The standard InChI is InChI=1S/C6H9IN2S2/c1-4(2)10-3-5-8-6(7)11-9-5/h4H,3H2,1-2H3. The molecule has 0 amide bonds. The predicted molar refractivity (Wildman–Crippen MR) is 59.1 cm³/mol. The Kier molecular flexibility index (Phi) is 4.08. The van der Waals surface area contributed by atoms with Crippen LogP contribution in [0.5, 0.6) is 0 Å². The molecule has 1 aromatic rings. The van der Waals surface area contributed by atoms with Crippen molar-refractivity contribution in [2.24, 2.45) is 0 Å². The molecule has 0 fully saturated rings. The monoisotopic (exact) mass is 300 g/mol. The molecule has 0 saturated heterocycles. The second kappa shape index (κ2) is 4.61. The van der Waals surface area contributed by atoms with Crippen LogP contribution < -0.4 is 0 Å². The maximum Gasteiger partial charge on any atom is 0.174 e. The number of rotatable bonds is 3. The molecule has 0 radical (unpaired) electrons. The van der Waals surface area contributed by atoms with E-state index in [0.717, 1.165) is 14.6 Å². The van der Waals surface area contributed by atoms with Crippen LogP contribution >= 0.6 is 45.9 Å². The van der Waals surface area contributed by atoms with E-state index in [9.17, 15) is 0 Å². The van der Waals surface area contributed by atoms with Gasteiger partial charge in [-0.3, -0.25) is 0 Å². The summed E-state index contributed by atoms with van der Waals surface area (Å²) in [6.07, 6.45) is 0. The molecular weight excluding hydrogens is 291 g/mol. The number of thioether (sulfide) groups is 1. The maximum atomic E-state index is 4.26. The second-order valence-electron chi connectivity index (χ2n) is 2.32. The Morgan fingerprint density at radius 3 is 2.82 bits per heavy atom. The SMILES string of the molecule is CC(C)SCc1nsc(I)n1. The minimum absolute atomic E-state index is 0.663. The molecule has 0 unspecified atom stereocenters. The number of hydrogen-bond donors (Lipinski definition) is 0. The molecule has 1 heterocycles. The lowest BCUT2D eigenvalue weighted by molar-refractivity contribution is 1.08. The highest BCUT2D eigenvalue weighted by molar-refractivity contribution is 14.1. The highest BCUT2D eigenvalue weighted by Crippen LogP contribution is 2.16. The summed E-state index contributed by atoms with van der Waals surface area (Å²) >= 11 is 5.54. The normalized spacial score (nSPS) is 10.9. The fraction of sp³-hybridized carbons (Fsp3) is 0.667. The first kappa shape index (κ1) is 9.73. The van der Waals surface area contributed by atoms with Crippen LogP contribution in [0, 0.1) is 3.01 Å². The Labute approximate surface area is 88.5 Å². The van der Waals surface area contributed by atoms with Crippen molar-refractivity contribution in [3.05, 3.63) is 8.84 Å². The van der Waals surface area contributed by atoms with Crippen LogP contribution in [0.4, 0.5) is 0 Å². The van der Waals surface area contributed by atoms with Gasteiger partial charge < -0.3 is 0 Å². The van der Waals surface area contributed by atoms with Gasteiger partial charge in [0.25, 0.3) is 0 Å². The first-order valence-corrected chi connectivity index (χ1v) is 6.18. The first-order valence-electron chi connectivity index (χ1n) is 3.28. The van der Waals surface area contributed by atoms with Gasteiger partial charge >= 0.3 is 0 Å². The lowest BCUT2D eigenvalue weighted by Crippen LogP contribution is -1.90. The van der Waals surface area contributed by atoms with Gasteiger partial charge in [-0.15, -0.1) is 0 Å². The Morgan fingerprint density at radius 1 is 1.64 bits per heavy atom. The van der Waals surface area contributed by atoms with Crippen molar-refractivity contribution >= 4 is 45.9 Å². The molecular formula is C6H9IN2S2. The quantitative estimate of drug-likeness (QED) is 0.803. The molecule has 5 heteroatoms. The largest absolute Gasteiger partial charge is 0.213 e. The average Bonchev–Trinajstić information content (AvgIpc) is 2.31. The first-order chi connectivity index (χ1) is 5.18. The lowest BCUT2D eigenvalue weighted by Gasteiger charge is -1.99.